The lowest BCUT2D eigenvalue weighted by atomic mass is 9.98. The molecule has 14 heavy (non-hydrogen) atoms. The first-order chi connectivity index (χ1) is 6.74. The van der Waals surface area contributed by atoms with Gasteiger partial charge in [-0.05, 0) is 43.4 Å². The first-order valence-electron chi connectivity index (χ1n) is 5.52. The van der Waals surface area contributed by atoms with Gasteiger partial charge in [0.1, 0.15) is 5.82 Å². The van der Waals surface area contributed by atoms with Crippen molar-refractivity contribution in [3.63, 3.8) is 0 Å². The van der Waals surface area contributed by atoms with Gasteiger partial charge in [0, 0.05) is 13.1 Å². The quantitative estimate of drug-likeness (QED) is 0.771. The lowest BCUT2D eigenvalue weighted by molar-refractivity contribution is 0.470. The molecule has 3 atom stereocenters. The van der Waals surface area contributed by atoms with Crippen molar-refractivity contribution in [1.82, 2.24) is 9.78 Å². The molecule has 0 spiro atoms. The Bertz CT molecular complexity index is 336. The van der Waals surface area contributed by atoms with E-state index < -0.39 is 0 Å². The minimum Gasteiger partial charge on any atom is -0.384 e. The Morgan fingerprint density at radius 1 is 1.57 bits per heavy atom. The van der Waals surface area contributed by atoms with Crippen LogP contribution in [0.5, 0.6) is 0 Å². The molecule has 3 nitrogen and oxygen atoms in total. The van der Waals surface area contributed by atoms with Crippen molar-refractivity contribution >= 4 is 5.82 Å². The van der Waals surface area contributed by atoms with Gasteiger partial charge in [-0.2, -0.15) is 5.10 Å². The van der Waals surface area contributed by atoms with E-state index >= 15 is 0 Å². The third-order valence-corrected chi connectivity index (χ3v) is 3.93. The van der Waals surface area contributed by atoms with Crippen molar-refractivity contribution in [3.8, 4) is 0 Å². The zero-order valence-electron chi connectivity index (χ0n) is 8.61. The number of nitrogens with two attached hydrogens (primary N) is 1. The number of anilines is 1. The second-order valence-electron chi connectivity index (χ2n) is 4.89. The van der Waals surface area contributed by atoms with Crippen LogP contribution in [0.1, 0.15) is 25.0 Å². The van der Waals surface area contributed by atoms with Crippen LogP contribution in [0.3, 0.4) is 0 Å². The van der Waals surface area contributed by atoms with Crippen molar-refractivity contribution in [2.75, 3.05) is 5.73 Å². The lowest BCUT2D eigenvalue weighted by Gasteiger charge is -2.08. The van der Waals surface area contributed by atoms with E-state index in [0.29, 0.717) is 0 Å². The van der Waals surface area contributed by atoms with E-state index in [4.69, 9.17) is 5.73 Å². The number of nitrogen functional groups attached to an aromatic ring is 1. The molecule has 0 amide bonds. The number of hydrogen-bond donors (Lipinski definition) is 1. The molecule has 1 aromatic rings. The van der Waals surface area contributed by atoms with Gasteiger partial charge in [0.2, 0.25) is 0 Å². The van der Waals surface area contributed by atoms with Crippen molar-refractivity contribution in [1.29, 1.82) is 0 Å². The van der Waals surface area contributed by atoms with E-state index in [0.717, 1.165) is 30.0 Å². The molecule has 3 rings (SSSR count). The maximum Gasteiger partial charge on any atom is 0.121 e. The molecule has 2 aliphatic carbocycles. The zero-order valence-corrected chi connectivity index (χ0v) is 8.61. The van der Waals surface area contributed by atoms with Crippen LogP contribution in [0.4, 0.5) is 5.82 Å². The molecule has 1 unspecified atom stereocenters. The molecule has 0 radical (unpaired) electrons. The number of aromatic nitrogens is 2. The Morgan fingerprint density at radius 2 is 2.43 bits per heavy atom. The molecular formula is C11H17N3. The summed E-state index contributed by atoms with van der Waals surface area (Å²) in [6, 6.07) is 2.02. The fourth-order valence-electron chi connectivity index (χ4n) is 2.99. The molecule has 1 heterocycles. The van der Waals surface area contributed by atoms with E-state index in [9.17, 15) is 0 Å². The van der Waals surface area contributed by atoms with Gasteiger partial charge in [0.25, 0.3) is 0 Å². The van der Waals surface area contributed by atoms with Crippen molar-refractivity contribution in [2.24, 2.45) is 24.8 Å². The maximum absolute atomic E-state index is 5.76. The molecule has 76 valence electrons. The van der Waals surface area contributed by atoms with Crippen LogP contribution in [0.2, 0.25) is 0 Å². The van der Waals surface area contributed by atoms with Gasteiger partial charge in [-0.3, -0.25) is 4.68 Å². The minimum absolute atomic E-state index is 0.783. The normalized spacial score (nSPS) is 34.5. The van der Waals surface area contributed by atoms with Crippen LogP contribution in [-0.2, 0) is 13.5 Å². The summed E-state index contributed by atoms with van der Waals surface area (Å²) in [5.41, 5.74) is 6.94. The monoisotopic (exact) mass is 191 g/mol. The Morgan fingerprint density at radius 3 is 2.93 bits per heavy atom. The Kier molecular flexibility index (Phi) is 1.64. The lowest BCUT2D eigenvalue weighted by Crippen LogP contribution is -2.04. The van der Waals surface area contributed by atoms with Crippen LogP contribution in [-0.4, -0.2) is 9.78 Å². The van der Waals surface area contributed by atoms with Gasteiger partial charge in [0.05, 0.1) is 5.69 Å². The van der Waals surface area contributed by atoms with Crippen molar-refractivity contribution in [2.45, 2.75) is 25.7 Å². The molecule has 3 heteroatoms. The highest BCUT2D eigenvalue weighted by atomic mass is 15.3. The highest BCUT2D eigenvalue weighted by Crippen LogP contribution is 2.56. The number of hydrogen-bond acceptors (Lipinski definition) is 2. The molecule has 0 bridgehead atoms. The molecule has 2 saturated carbocycles. The minimum atomic E-state index is 0.783. The molecule has 2 N–H and O–H groups in total. The zero-order chi connectivity index (χ0) is 9.71. The second kappa shape index (κ2) is 2.75. The number of rotatable bonds is 2. The fourth-order valence-corrected chi connectivity index (χ4v) is 2.99. The van der Waals surface area contributed by atoms with E-state index in [1.807, 2.05) is 13.1 Å². The summed E-state index contributed by atoms with van der Waals surface area (Å²) in [5, 5.41) is 4.42. The molecule has 1 aromatic heterocycles. The summed E-state index contributed by atoms with van der Waals surface area (Å²) in [7, 11) is 1.91. The smallest absolute Gasteiger partial charge is 0.121 e. The molecule has 2 fully saturated rings. The maximum atomic E-state index is 5.76. The standard InChI is InChI=1S/C11H17N3/c1-14-11(12)6-9(13-14)4-7-2-3-8-5-10(7)8/h6-8,10H,2-5,12H2,1H3/t7?,8-,10-/m1/s1. The average Bonchev–Trinajstić information content (AvgIpc) is 2.73. The fraction of sp³-hybridized carbons (Fsp3) is 0.727. The summed E-state index contributed by atoms with van der Waals surface area (Å²) in [6.45, 7) is 0. The van der Waals surface area contributed by atoms with E-state index in [1.54, 1.807) is 4.68 Å². The third kappa shape index (κ3) is 1.22. The van der Waals surface area contributed by atoms with Crippen molar-refractivity contribution < 1.29 is 0 Å². The molecular weight excluding hydrogens is 174 g/mol. The SMILES string of the molecule is Cn1nc(CC2CC[C@@H]3C[C@H]23)cc1N. The van der Waals surface area contributed by atoms with Gasteiger partial charge in [-0.25, -0.2) is 0 Å². The van der Waals surface area contributed by atoms with Crippen LogP contribution in [0.25, 0.3) is 0 Å². The highest BCUT2D eigenvalue weighted by molar-refractivity contribution is 5.30. The second-order valence-corrected chi connectivity index (χ2v) is 4.89. The topological polar surface area (TPSA) is 43.8 Å². The third-order valence-electron chi connectivity index (χ3n) is 3.93. The summed E-state index contributed by atoms with van der Waals surface area (Å²) in [5.74, 6) is 3.78. The first-order valence-corrected chi connectivity index (χ1v) is 5.52. The number of fused-ring (bicyclic) bond motifs is 1. The van der Waals surface area contributed by atoms with Gasteiger partial charge in [-0.1, -0.05) is 0 Å². The van der Waals surface area contributed by atoms with Crippen LogP contribution in [0.15, 0.2) is 6.07 Å². The Hall–Kier alpha value is -0.990. The van der Waals surface area contributed by atoms with E-state index in [-0.39, 0.29) is 0 Å². The van der Waals surface area contributed by atoms with Gasteiger partial charge in [-0.15, -0.1) is 0 Å². The summed E-state index contributed by atoms with van der Waals surface area (Å²) < 4.78 is 1.77. The van der Waals surface area contributed by atoms with Crippen LogP contribution in [0, 0.1) is 17.8 Å². The molecule has 0 aromatic carbocycles. The van der Waals surface area contributed by atoms with Crippen LogP contribution >= 0.6 is 0 Å². The summed E-state index contributed by atoms with van der Waals surface area (Å²) >= 11 is 0. The molecule has 0 aliphatic heterocycles. The van der Waals surface area contributed by atoms with Crippen molar-refractivity contribution in [3.05, 3.63) is 11.8 Å². The van der Waals surface area contributed by atoms with Crippen LogP contribution < -0.4 is 5.73 Å². The predicted octanol–water partition coefficient (Wildman–Crippen LogP) is 1.59. The van der Waals surface area contributed by atoms with Gasteiger partial charge >= 0.3 is 0 Å². The average molecular weight is 191 g/mol. The van der Waals surface area contributed by atoms with E-state index in [2.05, 4.69) is 5.10 Å². The number of aryl methyl sites for hydroxylation is 1. The highest BCUT2D eigenvalue weighted by Gasteiger charge is 2.47. The Labute approximate surface area is 84.3 Å². The summed E-state index contributed by atoms with van der Waals surface area (Å²) in [6.07, 6.45) is 5.49. The van der Waals surface area contributed by atoms with E-state index in [1.165, 1.54) is 25.0 Å². The van der Waals surface area contributed by atoms with Gasteiger partial charge in [0.15, 0.2) is 0 Å². The molecule has 2 aliphatic rings. The summed E-state index contributed by atoms with van der Waals surface area (Å²) in [4.78, 5) is 0. The largest absolute Gasteiger partial charge is 0.384 e. The van der Waals surface area contributed by atoms with Gasteiger partial charge < -0.3 is 5.73 Å². The first kappa shape index (κ1) is 8.33. The molecule has 0 saturated heterocycles. The predicted molar refractivity (Wildman–Crippen MR) is 55.6 cm³/mol. The Balaban J connectivity index is 1.71. The number of nitrogens with zero attached hydrogens (tertiary/aromatic N) is 2.